The van der Waals surface area contributed by atoms with Gasteiger partial charge in [-0.2, -0.15) is 0 Å². The topological polar surface area (TPSA) is 61.8 Å². The van der Waals surface area contributed by atoms with E-state index in [2.05, 4.69) is 33.9 Å². The smallest absolute Gasteiger partial charge is 0.170 e. The molecule has 7 heteroatoms. The zero-order chi connectivity index (χ0) is 22.5. The number of aromatic nitrogens is 2. The molecule has 3 aliphatic heterocycles. The summed E-state index contributed by atoms with van der Waals surface area (Å²) in [6.45, 7) is 11.8. The first kappa shape index (κ1) is 21.2. The third kappa shape index (κ3) is 3.94. The molecular formula is C25H33N5O2. The van der Waals surface area contributed by atoms with Gasteiger partial charge in [0.1, 0.15) is 28.8 Å². The molecule has 1 spiro atoms. The Morgan fingerprint density at radius 3 is 2.16 bits per heavy atom. The van der Waals surface area contributed by atoms with Crippen LogP contribution in [0.15, 0.2) is 18.2 Å². The van der Waals surface area contributed by atoms with E-state index >= 15 is 0 Å². The maximum atomic E-state index is 13.0. The number of ketones is 1. The number of aryl methyl sites for hydroxylation is 3. The standard InChI is InChI=1S/C25H33N5O2/c1-17-13-18(2)24-20(14-17)21(31)16-25(32-24)5-7-29(8-6-25)22-15-23(27-19(3)26-22)30-11-9-28(4)10-12-30/h13-15H,5-12,16H2,1-4H3. The van der Waals surface area contributed by atoms with Gasteiger partial charge in [-0.05, 0) is 45.0 Å². The second-order valence-corrected chi connectivity index (χ2v) is 9.75. The second kappa shape index (κ2) is 8.03. The minimum Gasteiger partial charge on any atom is -0.486 e. The Balaban J connectivity index is 1.32. The lowest BCUT2D eigenvalue weighted by Crippen LogP contribution is -2.51. The van der Waals surface area contributed by atoms with Gasteiger partial charge in [0.25, 0.3) is 0 Å². The van der Waals surface area contributed by atoms with E-state index in [-0.39, 0.29) is 5.78 Å². The number of ether oxygens (including phenoxy) is 1. The average Bonchev–Trinajstić information content (AvgIpc) is 2.75. The van der Waals surface area contributed by atoms with Crippen LogP contribution in [0.1, 0.15) is 46.6 Å². The van der Waals surface area contributed by atoms with Gasteiger partial charge in [0.05, 0.1) is 12.0 Å². The van der Waals surface area contributed by atoms with Crippen molar-refractivity contribution >= 4 is 17.4 Å². The van der Waals surface area contributed by atoms with Crippen molar-refractivity contribution in [1.82, 2.24) is 14.9 Å². The average molecular weight is 436 g/mol. The number of nitrogens with zero attached hydrogens (tertiary/aromatic N) is 5. The first-order valence-electron chi connectivity index (χ1n) is 11.7. The molecule has 0 amide bonds. The highest BCUT2D eigenvalue weighted by Gasteiger charge is 2.43. The number of Topliss-reactive ketones (excluding diaryl/α,β-unsaturated/α-hetero) is 1. The summed E-state index contributed by atoms with van der Waals surface area (Å²) in [6.07, 6.45) is 2.10. The van der Waals surface area contributed by atoms with Crippen LogP contribution in [0.5, 0.6) is 5.75 Å². The summed E-state index contributed by atoms with van der Waals surface area (Å²) in [5, 5.41) is 0. The van der Waals surface area contributed by atoms with E-state index in [1.165, 1.54) is 0 Å². The highest BCUT2D eigenvalue weighted by molar-refractivity contribution is 6.01. The molecule has 0 unspecified atom stereocenters. The van der Waals surface area contributed by atoms with E-state index in [1.54, 1.807) is 0 Å². The SMILES string of the molecule is Cc1cc(C)c2c(c1)C(=O)CC1(CCN(c3cc(N4CCN(C)CC4)nc(C)n3)CC1)O2. The van der Waals surface area contributed by atoms with E-state index in [1.807, 2.05) is 26.8 Å². The van der Waals surface area contributed by atoms with Gasteiger partial charge in [-0.15, -0.1) is 0 Å². The molecule has 2 saturated heterocycles. The number of carbonyl (C=O) groups excluding carboxylic acids is 1. The number of hydrogen-bond donors (Lipinski definition) is 0. The van der Waals surface area contributed by atoms with Crippen molar-refractivity contribution in [2.75, 3.05) is 56.1 Å². The van der Waals surface area contributed by atoms with Gasteiger partial charge < -0.3 is 19.4 Å². The minimum atomic E-state index is -0.400. The number of piperazine rings is 1. The highest BCUT2D eigenvalue weighted by Crippen LogP contribution is 2.42. The Labute approximate surface area is 190 Å². The number of rotatable bonds is 2. The van der Waals surface area contributed by atoms with Gasteiger partial charge in [-0.3, -0.25) is 4.79 Å². The van der Waals surface area contributed by atoms with Crippen LogP contribution in [0.2, 0.25) is 0 Å². The fourth-order valence-corrected chi connectivity index (χ4v) is 5.26. The molecule has 0 N–H and O–H groups in total. The summed E-state index contributed by atoms with van der Waals surface area (Å²) < 4.78 is 6.56. The van der Waals surface area contributed by atoms with Crippen molar-refractivity contribution in [3.63, 3.8) is 0 Å². The first-order valence-corrected chi connectivity index (χ1v) is 11.7. The summed E-state index contributed by atoms with van der Waals surface area (Å²) in [7, 11) is 2.16. The summed E-state index contributed by atoms with van der Waals surface area (Å²) in [5.74, 6) is 3.80. The Kier molecular flexibility index (Phi) is 5.32. The van der Waals surface area contributed by atoms with E-state index in [4.69, 9.17) is 14.7 Å². The zero-order valence-corrected chi connectivity index (χ0v) is 19.6. The monoisotopic (exact) mass is 435 g/mol. The Hall–Kier alpha value is -2.67. The highest BCUT2D eigenvalue weighted by atomic mass is 16.5. The van der Waals surface area contributed by atoms with E-state index in [0.717, 1.165) is 92.0 Å². The van der Waals surface area contributed by atoms with Gasteiger partial charge in [0.15, 0.2) is 5.78 Å². The molecule has 3 aliphatic rings. The predicted octanol–water partition coefficient (Wildman–Crippen LogP) is 3.16. The number of hydrogen-bond acceptors (Lipinski definition) is 7. The molecule has 2 fully saturated rings. The normalized spacial score (nSPS) is 20.9. The van der Waals surface area contributed by atoms with Crippen LogP contribution in [-0.4, -0.2) is 72.6 Å². The molecule has 5 rings (SSSR count). The van der Waals surface area contributed by atoms with Crippen LogP contribution in [-0.2, 0) is 0 Å². The molecule has 7 nitrogen and oxygen atoms in total. The van der Waals surface area contributed by atoms with Crippen LogP contribution in [0.3, 0.4) is 0 Å². The fraction of sp³-hybridized carbons (Fsp3) is 0.560. The molecule has 1 aromatic carbocycles. The molecule has 4 heterocycles. The van der Waals surface area contributed by atoms with Gasteiger partial charge in [0, 0.05) is 58.2 Å². The molecular weight excluding hydrogens is 402 g/mol. The van der Waals surface area contributed by atoms with Crippen molar-refractivity contribution in [3.05, 3.63) is 40.7 Å². The van der Waals surface area contributed by atoms with Crippen LogP contribution < -0.4 is 14.5 Å². The minimum absolute atomic E-state index is 0.210. The van der Waals surface area contributed by atoms with Crippen LogP contribution >= 0.6 is 0 Å². The third-order valence-electron chi connectivity index (χ3n) is 7.16. The predicted molar refractivity (Wildman–Crippen MR) is 126 cm³/mol. The molecule has 2 aromatic rings. The van der Waals surface area contributed by atoms with E-state index in [9.17, 15) is 4.79 Å². The lowest BCUT2D eigenvalue weighted by atomic mass is 9.81. The lowest BCUT2D eigenvalue weighted by Gasteiger charge is -2.44. The molecule has 0 radical (unpaired) electrons. The molecule has 170 valence electrons. The number of likely N-dealkylation sites (N-methyl/N-ethyl adjacent to an activating group) is 1. The first-order chi connectivity index (χ1) is 15.3. The van der Waals surface area contributed by atoms with Gasteiger partial charge >= 0.3 is 0 Å². The lowest BCUT2D eigenvalue weighted by molar-refractivity contribution is 0.0225. The van der Waals surface area contributed by atoms with Gasteiger partial charge in [0.2, 0.25) is 0 Å². The summed E-state index contributed by atoms with van der Waals surface area (Å²) in [6, 6.07) is 6.20. The third-order valence-corrected chi connectivity index (χ3v) is 7.16. The molecule has 0 atom stereocenters. The Morgan fingerprint density at radius 2 is 1.50 bits per heavy atom. The summed E-state index contributed by atoms with van der Waals surface area (Å²) >= 11 is 0. The van der Waals surface area contributed by atoms with Crippen molar-refractivity contribution < 1.29 is 9.53 Å². The Bertz CT molecular complexity index is 1040. The van der Waals surface area contributed by atoms with Gasteiger partial charge in [-0.1, -0.05) is 6.07 Å². The van der Waals surface area contributed by atoms with Crippen molar-refractivity contribution in [1.29, 1.82) is 0 Å². The van der Waals surface area contributed by atoms with Crippen LogP contribution in [0.4, 0.5) is 11.6 Å². The molecule has 0 saturated carbocycles. The molecule has 0 aliphatic carbocycles. The summed E-state index contributed by atoms with van der Waals surface area (Å²) in [5.41, 5.74) is 2.51. The van der Waals surface area contributed by atoms with Crippen LogP contribution in [0, 0.1) is 20.8 Å². The number of anilines is 2. The molecule has 1 aromatic heterocycles. The van der Waals surface area contributed by atoms with Crippen LogP contribution in [0.25, 0.3) is 0 Å². The molecule has 32 heavy (non-hydrogen) atoms. The zero-order valence-electron chi connectivity index (χ0n) is 19.6. The van der Waals surface area contributed by atoms with E-state index in [0.29, 0.717) is 6.42 Å². The quantitative estimate of drug-likeness (QED) is 0.718. The number of piperidine rings is 1. The van der Waals surface area contributed by atoms with Gasteiger partial charge in [-0.25, -0.2) is 9.97 Å². The maximum Gasteiger partial charge on any atom is 0.170 e. The van der Waals surface area contributed by atoms with Crippen molar-refractivity contribution in [2.24, 2.45) is 0 Å². The number of benzene rings is 1. The van der Waals surface area contributed by atoms with Crippen molar-refractivity contribution in [3.8, 4) is 5.75 Å². The van der Waals surface area contributed by atoms with E-state index < -0.39 is 5.60 Å². The second-order valence-electron chi connectivity index (χ2n) is 9.75. The maximum absolute atomic E-state index is 13.0. The fourth-order valence-electron chi connectivity index (χ4n) is 5.26. The largest absolute Gasteiger partial charge is 0.486 e. The number of carbonyl (C=O) groups is 1. The van der Waals surface area contributed by atoms with Crippen molar-refractivity contribution in [2.45, 2.75) is 45.6 Å². The Morgan fingerprint density at radius 1 is 0.875 bits per heavy atom. The summed E-state index contributed by atoms with van der Waals surface area (Å²) in [4.78, 5) is 29.5. The number of fused-ring (bicyclic) bond motifs is 1. The molecule has 0 bridgehead atoms.